The maximum Gasteiger partial charge on any atom is 0.306 e. The Morgan fingerprint density at radius 2 is 0.770 bits per heavy atom. The van der Waals surface area contributed by atoms with Crippen LogP contribution in [0.4, 0.5) is 0 Å². The predicted octanol–water partition coefficient (Wildman–Crippen LogP) is 18.4. The second-order valence-electron chi connectivity index (χ2n) is 21.3. The quantitative estimate of drug-likeness (QED) is 0.0195. The van der Waals surface area contributed by atoms with E-state index in [2.05, 4.69) is 98.9 Å². The highest BCUT2D eigenvalue weighted by Gasteiger charge is 2.22. The van der Waals surface area contributed by atoms with Gasteiger partial charge in [-0.3, -0.25) is 14.2 Å². The van der Waals surface area contributed by atoms with Crippen LogP contribution in [0, 0.1) is 0 Å². The molecule has 0 fully saturated rings. The number of hydrogen-bond acceptors (Lipinski definition) is 8. The third-order valence-corrected chi connectivity index (χ3v) is 13.9. The molecule has 0 rings (SSSR count). The van der Waals surface area contributed by atoms with E-state index in [-0.39, 0.29) is 32.0 Å². The topological polar surface area (TPSA) is 111 Å². The number of hydrogen-bond donors (Lipinski definition) is 0. The van der Waals surface area contributed by atoms with Crippen LogP contribution in [0.2, 0.25) is 0 Å². The number of carbonyl (C=O) groups is 2. The SMILES string of the molecule is CC/C=C\C/C=C\C/C=C\C/C=C\CCCCCCCCCCC(=O)OC(COC(=O)CCCCCCCCCCCCCCCC/C=C\C/C=C\C/C=C\CCCCCCC)COP(=O)([O-])OCC[N+](C)(C)C. The van der Waals surface area contributed by atoms with E-state index in [1.165, 1.54) is 141 Å². The van der Waals surface area contributed by atoms with Crippen LogP contribution in [-0.4, -0.2) is 70.0 Å². The molecule has 0 saturated carbocycles. The van der Waals surface area contributed by atoms with Crippen LogP contribution in [0.5, 0.6) is 0 Å². The summed E-state index contributed by atoms with van der Waals surface area (Å²) in [6, 6.07) is 0. The highest BCUT2D eigenvalue weighted by atomic mass is 31.2. The Hall–Kier alpha value is -2.81. The van der Waals surface area contributed by atoms with Gasteiger partial charge < -0.3 is 27.9 Å². The average molecular weight is 1060 g/mol. The Morgan fingerprint density at radius 3 is 1.15 bits per heavy atom. The first-order valence-electron chi connectivity index (χ1n) is 30.3. The van der Waals surface area contributed by atoms with E-state index >= 15 is 0 Å². The molecule has 0 saturated heterocycles. The molecule has 428 valence electrons. The third kappa shape index (κ3) is 58.5. The van der Waals surface area contributed by atoms with Crippen LogP contribution in [0.3, 0.4) is 0 Å². The van der Waals surface area contributed by atoms with Gasteiger partial charge in [-0.2, -0.15) is 0 Å². The van der Waals surface area contributed by atoms with E-state index in [0.717, 1.165) is 83.5 Å². The van der Waals surface area contributed by atoms with E-state index < -0.39 is 26.5 Å². The molecular formula is C64H114NO8P. The van der Waals surface area contributed by atoms with Gasteiger partial charge >= 0.3 is 11.9 Å². The van der Waals surface area contributed by atoms with E-state index in [4.69, 9.17) is 18.5 Å². The first-order valence-corrected chi connectivity index (χ1v) is 31.8. The number of likely N-dealkylation sites (N-methyl/N-ethyl adjacent to an activating group) is 1. The molecule has 0 aliphatic carbocycles. The number of rotatable bonds is 55. The van der Waals surface area contributed by atoms with Crippen LogP contribution in [0.1, 0.15) is 258 Å². The van der Waals surface area contributed by atoms with Crippen molar-refractivity contribution in [1.82, 2.24) is 0 Å². The van der Waals surface area contributed by atoms with Crippen LogP contribution >= 0.6 is 7.82 Å². The number of ether oxygens (including phenoxy) is 2. The number of esters is 2. The minimum absolute atomic E-state index is 0.0358. The first-order chi connectivity index (χ1) is 36.0. The van der Waals surface area contributed by atoms with Gasteiger partial charge in [0.1, 0.15) is 19.8 Å². The molecule has 0 heterocycles. The monoisotopic (exact) mass is 1060 g/mol. The van der Waals surface area contributed by atoms with Gasteiger partial charge in [-0.05, 0) is 89.9 Å². The van der Waals surface area contributed by atoms with Gasteiger partial charge in [0.25, 0.3) is 7.82 Å². The second-order valence-corrected chi connectivity index (χ2v) is 22.7. The number of quaternary nitrogens is 1. The summed E-state index contributed by atoms with van der Waals surface area (Å²) in [5, 5.41) is 0. The molecule has 2 unspecified atom stereocenters. The number of carbonyl (C=O) groups excluding carboxylic acids is 2. The van der Waals surface area contributed by atoms with Crippen molar-refractivity contribution in [1.29, 1.82) is 0 Å². The van der Waals surface area contributed by atoms with Crippen molar-refractivity contribution < 1.29 is 42.1 Å². The zero-order valence-electron chi connectivity index (χ0n) is 48.5. The third-order valence-electron chi connectivity index (χ3n) is 12.9. The van der Waals surface area contributed by atoms with Gasteiger partial charge in [-0.25, -0.2) is 0 Å². The summed E-state index contributed by atoms with van der Waals surface area (Å²) in [7, 11) is 1.15. The summed E-state index contributed by atoms with van der Waals surface area (Å²) in [5.74, 6) is -0.841. The Bertz CT molecular complexity index is 1520. The largest absolute Gasteiger partial charge is 0.756 e. The minimum atomic E-state index is -4.64. The van der Waals surface area contributed by atoms with Gasteiger partial charge in [-0.15, -0.1) is 0 Å². The highest BCUT2D eigenvalue weighted by Crippen LogP contribution is 2.38. The number of phosphoric ester groups is 1. The fourth-order valence-corrected chi connectivity index (χ4v) is 8.97. The van der Waals surface area contributed by atoms with E-state index in [0.29, 0.717) is 17.4 Å². The lowest BCUT2D eigenvalue weighted by atomic mass is 10.0. The summed E-state index contributed by atoms with van der Waals surface area (Å²) >= 11 is 0. The highest BCUT2D eigenvalue weighted by molar-refractivity contribution is 7.45. The summed E-state index contributed by atoms with van der Waals surface area (Å²) in [5.41, 5.74) is 0. The first kappa shape index (κ1) is 71.2. The number of allylic oxidation sites excluding steroid dienone is 14. The van der Waals surface area contributed by atoms with Crippen molar-refractivity contribution in [2.75, 3.05) is 47.5 Å². The molecule has 0 aliphatic rings. The van der Waals surface area contributed by atoms with Crippen molar-refractivity contribution in [3.8, 4) is 0 Å². The average Bonchev–Trinajstić information content (AvgIpc) is 3.36. The molecule has 0 amide bonds. The Labute approximate surface area is 456 Å². The summed E-state index contributed by atoms with van der Waals surface area (Å²) < 4.78 is 34.2. The van der Waals surface area contributed by atoms with Crippen molar-refractivity contribution in [3.63, 3.8) is 0 Å². The van der Waals surface area contributed by atoms with E-state index in [1.54, 1.807) is 0 Å². The van der Waals surface area contributed by atoms with Crippen molar-refractivity contribution in [2.24, 2.45) is 0 Å². The van der Waals surface area contributed by atoms with Gasteiger partial charge in [-0.1, -0.05) is 240 Å². The maximum absolute atomic E-state index is 12.8. The lowest BCUT2D eigenvalue weighted by Gasteiger charge is -2.28. The molecule has 0 N–H and O–H groups in total. The van der Waals surface area contributed by atoms with E-state index in [1.807, 2.05) is 21.1 Å². The predicted molar refractivity (Wildman–Crippen MR) is 314 cm³/mol. The summed E-state index contributed by atoms with van der Waals surface area (Å²) in [4.78, 5) is 37.9. The minimum Gasteiger partial charge on any atom is -0.756 e. The molecule has 10 heteroatoms. The molecule has 0 aromatic heterocycles. The lowest BCUT2D eigenvalue weighted by molar-refractivity contribution is -0.870. The van der Waals surface area contributed by atoms with Gasteiger partial charge in [0.2, 0.25) is 0 Å². The molecule has 2 atom stereocenters. The second kappa shape index (κ2) is 55.0. The molecule has 0 aromatic carbocycles. The zero-order valence-corrected chi connectivity index (χ0v) is 49.4. The summed E-state index contributed by atoms with van der Waals surface area (Å²) in [6.45, 7) is 4.12. The molecule has 0 aromatic rings. The molecule has 0 radical (unpaired) electrons. The lowest BCUT2D eigenvalue weighted by Crippen LogP contribution is -2.37. The van der Waals surface area contributed by atoms with Crippen LogP contribution in [0.15, 0.2) is 85.1 Å². The number of nitrogens with zero attached hydrogens (tertiary/aromatic N) is 1. The Kier molecular flexibility index (Phi) is 52.9. The van der Waals surface area contributed by atoms with Crippen LogP contribution in [0.25, 0.3) is 0 Å². The van der Waals surface area contributed by atoms with Crippen molar-refractivity contribution in [2.45, 2.75) is 264 Å². The Balaban J connectivity index is 4.13. The van der Waals surface area contributed by atoms with Gasteiger partial charge in [0.15, 0.2) is 6.10 Å². The van der Waals surface area contributed by atoms with Gasteiger partial charge in [0, 0.05) is 12.8 Å². The molecule has 0 spiro atoms. The standard InChI is InChI=1S/C64H114NO8P/c1-6-8-10-12-14-16-18-20-22-24-26-28-29-30-31-32-33-34-35-37-38-40-42-44-46-48-50-52-54-56-63(66)70-60-62(61-72-74(68,69)71-59-58-65(3,4)5)73-64(67)57-55-53-51-49-47-45-43-41-39-36-27-25-23-21-19-17-15-13-11-9-7-2/h9,11,15,17-18,20-21,23-24,26-27,29-30,36,62H,6-8,10,12-14,16,19,22,25,28,31-35,37-61H2,1-5H3/b11-9-,17-15-,20-18-,23-21-,26-24-,30-29-,36-27-. The number of unbranched alkanes of at least 4 members (excludes halogenated alkanes) is 27. The smallest absolute Gasteiger partial charge is 0.306 e. The molecule has 74 heavy (non-hydrogen) atoms. The molecular weight excluding hydrogens is 942 g/mol. The van der Waals surface area contributed by atoms with Gasteiger partial charge in [0.05, 0.1) is 27.7 Å². The number of phosphoric acid groups is 1. The molecule has 0 aliphatic heterocycles. The maximum atomic E-state index is 12.8. The zero-order chi connectivity index (χ0) is 54.2. The van der Waals surface area contributed by atoms with Crippen LogP contribution in [-0.2, 0) is 32.7 Å². The normalized spacial score (nSPS) is 13.9. The van der Waals surface area contributed by atoms with Crippen molar-refractivity contribution >= 4 is 19.8 Å². The molecule has 0 bridgehead atoms. The fraction of sp³-hybridized carbons (Fsp3) is 0.750. The summed E-state index contributed by atoms with van der Waals surface area (Å²) in [6.07, 6.45) is 73.4. The fourth-order valence-electron chi connectivity index (χ4n) is 8.24. The molecule has 9 nitrogen and oxygen atoms in total. The van der Waals surface area contributed by atoms with Crippen LogP contribution < -0.4 is 4.89 Å². The Morgan fingerprint density at radius 1 is 0.432 bits per heavy atom. The van der Waals surface area contributed by atoms with E-state index in [9.17, 15) is 19.0 Å². The van der Waals surface area contributed by atoms with Crippen molar-refractivity contribution in [3.05, 3.63) is 85.1 Å².